The fourth-order valence-corrected chi connectivity index (χ4v) is 4.44. The monoisotopic (exact) mass is 523 g/mol. The third kappa shape index (κ3) is 5.98. The minimum absolute atomic E-state index is 0. The number of rotatable bonds is 3. The molecule has 0 N–H and O–H groups in total. The first kappa shape index (κ1) is 27.9. The Kier molecular flexibility index (Phi) is 8.30. The smallest absolute Gasteiger partial charge is 0.417 e. The fraction of sp³-hybridized carbons (Fsp3) is 0.444. The number of likely N-dealkylation sites (N-methyl/N-ethyl adjacent to an activating group) is 1. The predicted octanol–water partition coefficient (Wildman–Crippen LogP) is 5.58. The lowest BCUT2D eigenvalue weighted by atomic mass is 9.87. The Balaban J connectivity index is 0.00000361. The maximum atomic E-state index is 14.0. The van der Waals surface area contributed by atoms with Crippen LogP contribution in [0.25, 0.3) is 6.08 Å². The third-order valence-electron chi connectivity index (χ3n) is 6.58. The van der Waals surface area contributed by atoms with Crippen molar-refractivity contribution in [2.45, 2.75) is 32.4 Å². The molecule has 0 radical (unpaired) electrons. The summed E-state index contributed by atoms with van der Waals surface area (Å²) in [5, 5.41) is 0. The number of piperazine rings is 1. The average Bonchev–Trinajstić information content (AvgIpc) is 2.80. The van der Waals surface area contributed by atoms with Gasteiger partial charge in [0.1, 0.15) is 6.61 Å². The predicted molar refractivity (Wildman–Crippen MR) is 140 cm³/mol. The molecule has 5 nitrogen and oxygen atoms in total. The van der Waals surface area contributed by atoms with E-state index in [4.69, 9.17) is 4.74 Å². The van der Waals surface area contributed by atoms with Crippen molar-refractivity contribution < 1.29 is 22.7 Å². The van der Waals surface area contributed by atoms with Gasteiger partial charge in [-0.25, -0.2) is 0 Å². The second-order valence-corrected chi connectivity index (χ2v) is 10.1. The highest BCUT2D eigenvalue weighted by molar-refractivity contribution is 6.08. The van der Waals surface area contributed by atoms with Gasteiger partial charge in [-0.05, 0) is 48.4 Å². The van der Waals surface area contributed by atoms with E-state index >= 15 is 0 Å². The topological polar surface area (TPSA) is 36.0 Å². The Morgan fingerprint density at radius 2 is 1.56 bits per heavy atom. The quantitative estimate of drug-likeness (QED) is 0.492. The lowest BCUT2D eigenvalue weighted by Gasteiger charge is -2.35. The van der Waals surface area contributed by atoms with Crippen LogP contribution in [0.1, 0.15) is 37.5 Å². The third-order valence-corrected chi connectivity index (χ3v) is 6.58. The summed E-state index contributed by atoms with van der Waals surface area (Å²) in [6.07, 6.45) is -3.29. The molecule has 1 amide bonds. The summed E-state index contributed by atoms with van der Waals surface area (Å²) in [7, 11) is 1.99. The van der Waals surface area contributed by atoms with Crippen LogP contribution in [0.15, 0.2) is 48.2 Å². The number of halogens is 4. The van der Waals surface area contributed by atoms with Crippen LogP contribution in [0.5, 0.6) is 0 Å². The molecule has 0 atom stereocenters. The highest BCUT2D eigenvalue weighted by atomic mass is 35.5. The van der Waals surface area contributed by atoms with Crippen LogP contribution >= 0.6 is 12.4 Å². The first-order chi connectivity index (χ1) is 16.4. The van der Waals surface area contributed by atoms with Crippen LogP contribution in [-0.4, -0.2) is 57.2 Å². The molecule has 2 aliphatic heterocycles. The van der Waals surface area contributed by atoms with Gasteiger partial charge in [-0.2, -0.15) is 13.2 Å². The molecule has 2 aliphatic rings. The van der Waals surface area contributed by atoms with Crippen molar-refractivity contribution in [3.8, 4) is 0 Å². The lowest BCUT2D eigenvalue weighted by Crippen LogP contribution is -2.45. The van der Waals surface area contributed by atoms with E-state index < -0.39 is 17.6 Å². The van der Waals surface area contributed by atoms with Crippen molar-refractivity contribution in [1.82, 2.24) is 4.90 Å². The summed E-state index contributed by atoms with van der Waals surface area (Å²) < 4.78 is 47.6. The van der Waals surface area contributed by atoms with Gasteiger partial charge in [-0.1, -0.05) is 39.0 Å². The second-order valence-electron chi connectivity index (χ2n) is 10.1. The van der Waals surface area contributed by atoms with E-state index in [1.165, 1.54) is 12.1 Å². The molecule has 0 unspecified atom stereocenters. The van der Waals surface area contributed by atoms with Crippen LogP contribution in [0, 0.1) is 0 Å². The molecule has 0 aliphatic carbocycles. The van der Waals surface area contributed by atoms with Crippen molar-refractivity contribution in [1.29, 1.82) is 0 Å². The number of nitrogens with zero attached hydrogens (tertiary/aromatic N) is 3. The molecule has 0 aromatic heterocycles. The van der Waals surface area contributed by atoms with Crippen molar-refractivity contribution >= 4 is 35.8 Å². The number of morpholine rings is 1. The molecular weight excluding hydrogens is 491 g/mol. The Morgan fingerprint density at radius 1 is 0.917 bits per heavy atom. The number of alkyl halides is 3. The molecule has 0 bridgehead atoms. The molecule has 9 heteroatoms. The van der Waals surface area contributed by atoms with Crippen molar-refractivity contribution in [3.05, 3.63) is 64.9 Å². The summed E-state index contributed by atoms with van der Waals surface area (Å²) in [6, 6.07) is 11.9. The zero-order valence-electron chi connectivity index (χ0n) is 21.1. The normalized spacial score (nSPS) is 18.8. The number of amides is 1. The number of carbonyl (C=O) groups is 1. The molecule has 2 aromatic carbocycles. The number of anilines is 2. The van der Waals surface area contributed by atoms with E-state index in [-0.39, 0.29) is 35.8 Å². The highest BCUT2D eigenvalue weighted by Gasteiger charge is 2.36. The Bertz CT molecular complexity index is 1100. The van der Waals surface area contributed by atoms with Crippen molar-refractivity contribution in [2.24, 2.45) is 0 Å². The first-order valence-corrected chi connectivity index (χ1v) is 11.9. The molecule has 196 valence electrons. The van der Waals surface area contributed by atoms with Gasteiger partial charge in [-0.15, -0.1) is 12.4 Å². The highest BCUT2D eigenvalue weighted by Crippen LogP contribution is 2.38. The molecule has 4 rings (SSSR count). The molecule has 2 fully saturated rings. The zero-order chi connectivity index (χ0) is 25.4. The van der Waals surface area contributed by atoms with Crippen molar-refractivity contribution in [2.75, 3.05) is 56.2 Å². The van der Waals surface area contributed by atoms with Gasteiger partial charge in [-0.3, -0.25) is 4.79 Å². The number of benzene rings is 2. The summed E-state index contributed by atoms with van der Waals surface area (Å²) in [5.41, 5.74) is 1.46. The maximum Gasteiger partial charge on any atom is 0.417 e. The molecule has 2 aromatic rings. The zero-order valence-corrected chi connectivity index (χ0v) is 21.9. The van der Waals surface area contributed by atoms with Crippen LogP contribution in [0.4, 0.5) is 24.5 Å². The molecule has 0 spiro atoms. The van der Waals surface area contributed by atoms with Gasteiger partial charge in [0.05, 0.1) is 12.1 Å². The van der Waals surface area contributed by atoms with Crippen LogP contribution < -0.4 is 9.80 Å². The molecule has 0 saturated carbocycles. The number of hydrogen-bond acceptors (Lipinski definition) is 4. The summed E-state index contributed by atoms with van der Waals surface area (Å²) in [6.45, 7) is 9.58. The molecule has 2 heterocycles. The average molecular weight is 524 g/mol. The Labute approximate surface area is 216 Å². The van der Waals surface area contributed by atoms with E-state index in [9.17, 15) is 18.0 Å². The lowest BCUT2D eigenvalue weighted by molar-refractivity contribution is -0.137. The largest absolute Gasteiger partial charge is 0.486 e. The Hall–Kier alpha value is -2.71. The van der Waals surface area contributed by atoms with E-state index in [2.05, 4.69) is 25.7 Å². The summed E-state index contributed by atoms with van der Waals surface area (Å²) >= 11 is 0. The SMILES string of the molecule is CN1CCN(c2cccc(C(F)(F)F)c2/C=C2\OCCN(c3ccc(C(C)(C)C)cc3)C2=O)CC1.Cl. The second kappa shape index (κ2) is 10.7. The minimum Gasteiger partial charge on any atom is -0.486 e. The first-order valence-electron chi connectivity index (χ1n) is 11.9. The van der Waals surface area contributed by atoms with Gasteiger partial charge in [0.15, 0.2) is 5.76 Å². The van der Waals surface area contributed by atoms with Crippen molar-refractivity contribution in [3.63, 3.8) is 0 Å². The number of hydrogen-bond donors (Lipinski definition) is 0. The minimum atomic E-state index is -4.56. The van der Waals surface area contributed by atoms with E-state index in [1.807, 2.05) is 36.2 Å². The van der Waals surface area contributed by atoms with Gasteiger partial charge < -0.3 is 19.4 Å². The Morgan fingerprint density at radius 3 is 2.14 bits per heavy atom. The standard InChI is InChI=1S/C27H32F3N3O2.ClH/c1-26(2,3)19-8-10-20(11-9-19)33-16-17-35-24(25(33)34)18-21-22(27(28,29)30)6-5-7-23(21)32-14-12-31(4)13-15-32;/h5-11,18H,12-17H2,1-4H3;1H/b24-18-;. The van der Waals surface area contributed by atoms with E-state index in [1.54, 1.807) is 11.0 Å². The fourth-order valence-electron chi connectivity index (χ4n) is 4.44. The number of ether oxygens (including phenoxy) is 1. The van der Waals surface area contributed by atoms with Gasteiger partial charge in [0.2, 0.25) is 0 Å². The molecule has 2 saturated heterocycles. The summed E-state index contributed by atoms with van der Waals surface area (Å²) in [5.74, 6) is -0.524. The molecule has 36 heavy (non-hydrogen) atoms. The van der Waals surface area contributed by atoms with Gasteiger partial charge in [0.25, 0.3) is 5.91 Å². The van der Waals surface area contributed by atoms with Gasteiger partial charge >= 0.3 is 6.18 Å². The molecular formula is C27H33ClF3N3O2. The summed E-state index contributed by atoms with van der Waals surface area (Å²) in [4.78, 5) is 19.0. The van der Waals surface area contributed by atoms with Gasteiger partial charge in [0, 0.05) is 43.1 Å². The van der Waals surface area contributed by atoms with Crippen LogP contribution in [0.2, 0.25) is 0 Å². The van der Waals surface area contributed by atoms with Crippen LogP contribution in [0.3, 0.4) is 0 Å². The van der Waals surface area contributed by atoms with Crippen LogP contribution in [-0.2, 0) is 21.1 Å². The maximum absolute atomic E-state index is 14.0. The van der Waals surface area contributed by atoms with E-state index in [0.717, 1.165) is 24.7 Å². The van der Waals surface area contributed by atoms with E-state index in [0.29, 0.717) is 31.0 Å². The number of carbonyl (C=O) groups excluding carboxylic acids is 1.